The van der Waals surface area contributed by atoms with Crippen molar-refractivity contribution < 1.29 is 0 Å². The molecule has 0 aliphatic heterocycles. The van der Waals surface area contributed by atoms with Gasteiger partial charge < -0.3 is 5.73 Å². The zero-order chi connectivity index (χ0) is 5.98. The van der Waals surface area contributed by atoms with Gasteiger partial charge in [-0.15, -0.1) is 12.4 Å². The lowest BCUT2D eigenvalue weighted by molar-refractivity contribution is 0.271. The highest BCUT2D eigenvalue weighted by Gasteiger charge is 2.24. The molecule has 0 amide bonds. The van der Waals surface area contributed by atoms with E-state index in [2.05, 4.69) is 6.07 Å². The number of nitrogens with zero attached hydrogens (tertiary/aromatic N) is 1. The molecular weight excluding hydrogens is 136 g/mol. The monoisotopic (exact) mass is 146 g/mol. The summed E-state index contributed by atoms with van der Waals surface area (Å²) >= 11 is 0. The van der Waals surface area contributed by atoms with E-state index in [1.807, 2.05) is 0 Å². The van der Waals surface area contributed by atoms with Gasteiger partial charge in [0.15, 0.2) is 0 Å². The molecular formula is C6H11ClN2. The lowest BCUT2D eigenvalue weighted by Gasteiger charge is -2.30. The number of rotatable bonds is 1. The number of halogens is 1. The van der Waals surface area contributed by atoms with E-state index >= 15 is 0 Å². The molecule has 2 nitrogen and oxygen atoms in total. The predicted octanol–water partition coefficient (Wildman–Crippen LogP) is 1.06. The van der Waals surface area contributed by atoms with Crippen LogP contribution in [0.15, 0.2) is 0 Å². The summed E-state index contributed by atoms with van der Waals surface area (Å²) in [6, 6.07) is 2.53. The molecule has 1 aliphatic carbocycles. The standard InChI is InChI=1S/C6H10N2.ClH/c7-2-1-5-3-6(8)4-5;/h5-6H,1,3-4,8H2;1H. The molecule has 9 heavy (non-hydrogen) atoms. The fourth-order valence-electron chi connectivity index (χ4n) is 1.08. The molecule has 0 aromatic carbocycles. The van der Waals surface area contributed by atoms with Gasteiger partial charge in [0.05, 0.1) is 6.07 Å². The van der Waals surface area contributed by atoms with Crippen LogP contribution in [0.4, 0.5) is 0 Å². The van der Waals surface area contributed by atoms with E-state index in [1.165, 1.54) is 0 Å². The molecule has 0 saturated heterocycles. The van der Waals surface area contributed by atoms with Crippen molar-refractivity contribution in [3.63, 3.8) is 0 Å². The molecule has 0 atom stereocenters. The van der Waals surface area contributed by atoms with Crippen LogP contribution >= 0.6 is 12.4 Å². The van der Waals surface area contributed by atoms with Crippen LogP contribution in [0.25, 0.3) is 0 Å². The van der Waals surface area contributed by atoms with Crippen LogP contribution in [0.3, 0.4) is 0 Å². The number of nitriles is 1. The summed E-state index contributed by atoms with van der Waals surface area (Å²) in [6.07, 6.45) is 2.83. The Bertz CT molecular complexity index is 113. The molecule has 0 aromatic heterocycles. The summed E-state index contributed by atoms with van der Waals surface area (Å²) in [4.78, 5) is 0. The largest absolute Gasteiger partial charge is 0.328 e. The molecule has 3 heteroatoms. The summed E-state index contributed by atoms with van der Waals surface area (Å²) in [5, 5.41) is 8.20. The van der Waals surface area contributed by atoms with E-state index < -0.39 is 0 Å². The molecule has 1 saturated carbocycles. The summed E-state index contributed by atoms with van der Waals surface area (Å²) in [5.41, 5.74) is 5.49. The Balaban J connectivity index is 0.000000640. The lowest BCUT2D eigenvalue weighted by atomic mass is 9.79. The molecule has 0 bridgehead atoms. The SMILES string of the molecule is Cl.N#CCC1CC(N)C1. The maximum absolute atomic E-state index is 8.20. The van der Waals surface area contributed by atoms with Gasteiger partial charge in [0.2, 0.25) is 0 Å². The van der Waals surface area contributed by atoms with Crippen LogP contribution in [0, 0.1) is 17.2 Å². The summed E-state index contributed by atoms with van der Waals surface area (Å²) in [5.74, 6) is 0.620. The van der Waals surface area contributed by atoms with Crippen molar-refractivity contribution in [2.75, 3.05) is 0 Å². The minimum absolute atomic E-state index is 0. The van der Waals surface area contributed by atoms with E-state index in [4.69, 9.17) is 11.0 Å². The van der Waals surface area contributed by atoms with Crippen molar-refractivity contribution in [3.05, 3.63) is 0 Å². The van der Waals surface area contributed by atoms with Gasteiger partial charge in [0.25, 0.3) is 0 Å². The Morgan fingerprint density at radius 2 is 2.11 bits per heavy atom. The average Bonchev–Trinajstić information content (AvgIpc) is 1.64. The Kier molecular flexibility index (Phi) is 3.60. The summed E-state index contributed by atoms with van der Waals surface area (Å²) in [7, 11) is 0. The van der Waals surface area contributed by atoms with Gasteiger partial charge in [-0.3, -0.25) is 0 Å². The third-order valence-corrected chi connectivity index (χ3v) is 1.65. The van der Waals surface area contributed by atoms with Gasteiger partial charge in [-0.25, -0.2) is 0 Å². The van der Waals surface area contributed by atoms with Gasteiger partial charge in [0, 0.05) is 12.5 Å². The minimum atomic E-state index is 0. The van der Waals surface area contributed by atoms with E-state index in [-0.39, 0.29) is 12.4 Å². The van der Waals surface area contributed by atoms with E-state index in [9.17, 15) is 0 Å². The first kappa shape index (κ1) is 8.74. The lowest BCUT2D eigenvalue weighted by Crippen LogP contribution is -2.35. The van der Waals surface area contributed by atoms with Gasteiger partial charge in [-0.05, 0) is 18.8 Å². The maximum atomic E-state index is 8.20. The number of nitrogens with two attached hydrogens (primary N) is 1. The van der Waals surface area contributed by atoms with E-state index in [1.54, 1.807) is 0 Å². The van der Waals surface area contributed by atoms with Crippen LogP contribution in [0.1, 0.15) is 19.3 Å². The molecule has 1 fully saturated rings. The van der Waals surface area contributed by atoms with Gasteiger partial charge in [-0.2, -0.15) is 5.26 Å². The Morgan fingerprint density at radius 1 is 1.56 bits per heavy atom. The van der Waals surface area contributed by atoms with Crippen molar-refractivity contribution in [2.24, 2.45) is 11.7 Å². The van der Waals surface area contributed by atoms with E-state index in [0.29, 0.717) is 18.4 Å². The third kappa shape index (κ3) is 2.21. The van der Waals surface area contributed by atoms with Gasteiger partial charge >= 0.3 is 0 Å². The molecule has 1 aliphatic rings. The van der Waals surface area contributed by atoms with Gasteiger partial charge in [0.1, 0.15) is 0 Å². The second-order valence-electron chi connectivity index (χ2n) is 2.46. The van der Waals surface area contributed by atoms with Gasteiger partial charge in [-0.1, -0.05) is 0 Å². The fourth-order valence-corrected chi connectivity index (χ4v) is 1.08. The van der Waals surface area contributed by atoms with Crippen molar-refractivity contribution in [1.29, 1.82) is 5.26 Å². The smallest absolute Gasteiger partial charge is 0.0624 e. The Morgan fingerprint density at radius 3 is 2.44 bits per heavy atom. The fraction of sp³-hybridized carbons (Fsp3) is 0.833. The first-order valence-corrected chi connectivity index (χ1v) is 2.95. The zero-order valence-corrected chi connectivity index (χ0v) is 6.03. The first-order chi connectivity index (χ1) is 3.83. The second-order valence-corrected chi connectivity index (χ2v) is 2.46. The van der Waals surface area contributed by atoms with Crippen LogP contribution in [0.2, 0.25) is 0 Å². The zero-order valence-electron chi connectivity index (χ0n) is 5.21. The molecule has 0 unspecified atom stereocenters. The van der Waals surface area contributed by atoms with Crippen molar-refractivity contribution >= 4 is 12.4 Å². The van der Waals surface area contributed by atoms with Crippen molar-refractivity contribution in [1.82, 2.24) is 0 Å². The molecule has 0 radical (unpaired) electrons. The number of hydrogen-bond acceptors (Lipinski definition) is 2. The Labute approximate surface area is 61.4 Å². The van der Waals surface area contributed by atoms with Crippen LogP contribution < -0.4 is 5.73 Å². The molecule has 0 aromatic rings. The highest BCUT2D eigenvalue weighted by molar-refractivity contribution is 5.85. The third-order valence-electron chi connectivity index (χ3n) is 1.65. The van der Waals surface area contributed by atoms with Crippen LogP contribution in [0.5, 0.6) is 0 Å². The van der Waals surface area contributed by atoms with Crippen molar-refractivity contribution in [2.45, 2.75) is 25.3 Å². The first-order valence-electron chi connectivity index (χ1n) is 2.95. The maximum Gasteiger partial charge on any atom is 0.0624 e. The predicted molar refractivity (Wildman–Crippen MR) is 38.2 cm³/mol. The normalized spacial score (nSPS) is 31.6. The molecule has 0 spiro atoms. The summed E-state index contributed by atoms with van der Waals surface area (Å²) in [6.45, 7) is 0. The quantitative estimate of drug-likeness (QED) is 0.602. The highest BCUT2D eigenvalue weighted by atomic mass is 35.5. The Hall–Kier alpha value is -0.260. The van der Waals surface area contributed by atoms with E-state index in [0.717, 1.165) is 12.8 Å². The van der Waals surface area contributed by atoms with Crippen LogP contribution in [-0.4, -0.2) is 6.04 Å². The molecule has 2 N–H and O–H groups in total. The van der Waals surface area contributed by atoms with Crippen LogP contribution in [-0.2, 0) is 0 Å². The minimum Gasteiger partial charge on any atom is -0.328 e. The highest BCUT2D eigenvalue weighted by Crippen LogP contribution is 2.27. The van der Waals surface area contributed by atoms with Crippen molar-refractivity contribution in [3.8, 4) is 6.07 Å². The molecule has 1 rings (SSSR count). The molecule has 52 valence electrons. The average molecular weight is 147 g/mol. The topological polar surface area (TPSA) is 49.8 Å². The number of hydrogen-bond donors (Lipinski definition) is 1. The second kappa shape index (κ2) is 3.71. The summed E-state index contributed by atoms with van der Waals surface area (Å²) < 4.78 is 0. The molecule has 0 heterocycles.